The zero-order chi connectivity index (χ0) is 10.8. The Morgan fingerprint density at radius 1 is 1.40 bits per heavy atom. The van der Waals surface area contributed by atoms with Crippen molar-refractivity contribution in [1.82, 2.24) is 4.98 Å². The second-order valence-electron chi connectivity index (χ2n) is 3.00. The van der Waals surface area contributed by atoms with Gasteiger partial charge >= 0.3 is 0 Å². The van der Waals surface area contributed by atoms with Crippen molar-refractivity contribution in [1.29, 1.82) is 5.26 Å². The fourth-order valence-corrected chi connectivity index (χ4v) is 1.97. The lowest BCUT2D eigenvalue weighted by Crippen LogP contribution is -1.85. The van der Waals surface area contributed by atoms with Crippen LogP contribution in [0.5, 0.6) is 0 Å². The molecule has 0 aliphatic heterocycles. The van der Waals surface area contributed by atoms with Gasteiger partial charge in [-0.25, -0.2) is 4.98 Å². The molecule has 0 radical (unpaired) electrons. The topological polar surface area (TPSA) is 36.7 Å². The number of rotatable bonds is 1. The maximum absolute atomic E-state index is 8.82. The Morgan fingerprint density at radius 2 is 2.20 bits per heavy atom. The second kappa shape index (κ2) is 4.09. The molecule has 1 aromatic heterocycles. The summed E-state index contributed by atoms with van der Waals surface area (Å²) < 4.78 is 0. The van der Waals surface area contributed by atoms with Gasteiger partial charge in [0.05, 0.1) is 11.1 Å². The van der Waals surface area contributed by atoms with Crippen LogP contribution in [0.3, 0.4) is 0 Å². The van der Waals surface area contributed by atoms with E-state index in [1.165, 1.54) is 0 Å². The van der Waals surface area contributed by atoms with Crippen LogP contribution in [0.25, 0.3) is 10.9 Å². The van der Waals surface area contributed by atoms with Crippen LogP contribution < -0.4 is 0 Å². The number of fused-ring (bicyclic) bond motifs is 1. The molecular formula is C11H7ClN2S. The first-order valence-electron chi connectivity index (χ1n) is 4.29. The van der Waals surface area contributed by atoms with E-state index in [9.17, 15) is 0 Å². The molecule has 0 aliphatic carbocycles. The maximum Gasteiger partial charge on any atom is 0.147 e. The second-order valence-corrected chi connectivity index (χ2v) is 4.23. The van der Waals surface area contributed by atoms with Gasteiger partial charge in [-0.2, -0.15) is 5.26 Å². The van der Waals surface area contributed by atoms with Gasteiger partial charge in [0.15, 0.2) is 0 Å². The Morgan fingerprint density at radius 3 is 2.87 bits per heavy atom. The molecule has 0 saturated heterocycles. The minimum atomic E-state index is 0.266. The van der Waals surface area contributed by atoms with Crippen LogP contribution in [0.2, 0.25) is 5.15 Å². The largest absolute Gasteiger partial charge is 0.235 e. The van der Waals surface area contributed by atoms with Crippen LogP contribution in [-0.4, -0.2) is 11.2 Å². The first kappa shape index (κ1) is 10.3. The summed E-state index contributed by atoms with van der Waals surface area (Å²) in [7, 11) is 0. The highest BCUT2D eigenvalue weighted by Gasteiger charge is 2.04. The van der Waals surface area contributed by atoms with E-state index in [1.54, 1.807) is 17.8 Å². The predicted octanol–water partition coefficient (Wildman–Crippen LogP) is 3.48. The minimum Gasteiger partial charge on any atom is -0.235 e. The first-order chi connectivity index (χ1) is 7.24. The number of thioether (sulfide) groups is 1. The van der Waals surface area contributed by atoms with Crippen molar-refractivity contribution in [2.75, 3.05) is 6.26 Å². The van der Waals surface area contributed by atoms with Gasteiger partial charge in [-0.1, -0.05) is 11.6 Å². The minimum absolute atomic E-state index is 0.266. The Bertz CT molecular complexity index is 560. The van der Waals surface area contributed by atoms with Gasteiger partial charge in [-0.3, -0.25) is 0 Å². The standard InChI is InChI=1S/C11H7ClN2S/c1-15-9-2-3-10-7(5-9)4-8(6-13)11(12)14-10/h2-5H,1H3. The molecule has 15 heavy (non-hydrogen) atoms. The predicted molar refractivity (Wildman–Crippen MR) is 63.2 cm³/mol. The quantitative estimate of drug-likeness (QED) is 0.560. The number of nitriles is 1. The molecule has 0 spiro atoms. The van der Waals surface area contributed by atoms with Crippen LogP contribution in [0.15, 0.2) is 29.2 Å². The highest BCUT2D eigenvalue weighted by molar-refractivity contribution is 7.98. The Balaban J connectivity index is 2.72. The number of hydrogen-bond acceptors (Lipinski definition) is 3. The number of nitrogens with zero attached hydrogens (tertiary/aromatic N) is 2. The van der Waals surface area contributed by atoms with Crippen LogP contribution in [0.1, 0.15) is 5.56 Å². The Labute approximate surface area is 96.9 Å². The maximum atomic E-state index is 8.82. The van der Waals surface area contributed by atoms with E-state index in [1.807, 2.05) is 30.5 Å². The summed E-state index contributed by atoms with van der Waals surface area (Å²) in [5.41, 5.74) is 1.24. The van der Waals surface area contributed by atoms with Crippen molar-refractivity contribution in [3.05, 3.63) is 35.0 Å². The number of halogens is 1. The lowest BCUT2D eigenvalue weighted by molar-refractivity contribution is 1.35. The van der Waals surface area contributed by atoms with Gasteiger partial charge in [0.1, 0.15) is 11.2 Å². The number of aromatic nitrogens is 1. The van der Waals surface area contributed by atoms with Gasteiger partial charge in [0.2, 0.25) is 0 Å². The Kier molecular flexibility index (Phi) is 2.81. The summed E-state index contributed by atoms with van der Waals surface area (Å²) in [5, 5.41) is 10.0. The van der Waals surface area contributed by atoms with Gasteiger partial charge in [-0.15, -0.1) is 11.8 Å². The summed E-state index contributed by atoms with van der Waals surface area (Å²) >= 11 is 7.50. The van der Waals surface area contributed by atoms with Crippen LogP contribution >= 0.6 is 23.4 Å². The van der Waals surface area contributed by atoms with E-state index in [-0.39, 0.29) is 5.15 Å². The molecule has 0 unspecified atom stereocenters. The van der Waals surface area contributed by atoms with E-state index in [2.05, 4.69) is 4.98 Å². The molecule has 0 bridgehead atoms. The fraction of sp³-hybridized carbons (Fsp3) is 0.0909. The van der Waals surface area contributed by atoms with Gasteiger partial charge in [-0.05, 0) is 30.5 Å². The van der Waals surface area contributed by atoms with Gasteiger partial charge in [0, 0.05) is 10.3 Å². The highest BCUT2D eigenvalue weighted by Crippen LogP contribution is 2.24. The normalized spacial score (nSPS) is 10.2. The van der Waals surface area contributed by atoms with Crippen LogP contribution in [0, 0.1) is 11.3 Å². The molecule has 2 rings (SSSR count). The third-order valence-corrected chi connectivity index (χ3v) is 3.11. The molecule has 1 aromatic carbocycles. The summed E-state index contributed by atoms with van der Waals surface area (Å²) in [6.45, 7) is 0. The van der Waals surface area contributed by atoms with Crippen molar-refractivity contribution >= 4 is 34.3 Å². The average Bonchev–Trinajstić information content (AvgIpc) is 2.27. The molecule has 0 aliphatic rings. The molecule has 2 nitrogen and oxygen atoms in total. The summed E-state index contributed by atoms with van der Waals surface area (Å²) in [5.74, 6) is 0. The Hall–Kier alpha value is -1.24. The van der Waals surface area contributed by atoms with E-state index in [0.29, 0.717) is 5.56 Å². The lowest BCUT2D eigenvalue weighted by Gasteiger charge is -2.01. The smallest absolute Gasteiger partial charge is 0.147 e. The molecule has 4 heteroatoms. The molecule has 1 heterocycles. The molecule has 0 saturated carbocycles. The summed E-state index contributed by atoms with van der Waals surface area (Å²) in [6, 6.07) is 9.70. The van der Waals surface area contributed by atoms with Crippen LogP contribution in [-0.2, 0) is 0 Å². The van der Waals surface area contributed by atoms with Crippen molar-refractivity contribution in [3.63, 3.8) is 0 Å². The zero-order valence-electron chi connectivity index (χ0n) is 7.99. The van der Waals surface area contributed by atoms with E-state index in [0.717, 1.165) is 15.8 Å². The van der Waals surface area contributed by atoms with Crippen molar-refractivity contribution < 1.29 is 0 Å². The van der Waals surface area contributed by atoms with Crippen molar-refractivity contribution in [2.24, 2.45) is 0 Å². The molecule has 0 amide bonds. The van der Waals surface area contributed by atoms with Gasteiger partial charge in [0.25, 0.3) is 0 Å². The molecule has 0 atom stereocenters. The molecule has 0 fully saturated rings. The summed E-state index contributed by atoms with van der Waals surface area (Å²) in [4.78, 5) is 5.30. The highest BCUT2D eigenvalue weighted by atomic mass is 35.5. The first-order valence-corrected chi connectivity index (χ1v) is 5.89. The molecule has 0 N–H and O–H groups in total. The van der Waals surface area contributed by atoms with Crippen molar-refractivity contribution in [2.45, 2.75) is 4.90 Å². The monoisotopic (exact) mass is 234 g/mol. The zero-order valence-corrected chi connectivity index (χ0v) is 9.56. The average molecular weight is 235 g/mol. The number of benzene rings is 1. The molecular weight excluding hydrogens is 228 g/mol. The number of hydrogen-bond donors (Lipinski definition) is 0. The summed E-state index contributed by atoms with van der Waals surface area (Å²) in [6.07, 6.45) is 2.01. The molecule has 74 valence electrons. The van der Waals surface area contributed by atoms with Crippen LogP contribution in [0.4, 0.5) is 0 Å². The van der Waals surface area contributed by atoms with E-state index >= 15 is 0 Å². The van der Waals surface area contributed by atoms with Gasteiger partial charge < -0.3 is 0 Å². The number of pyridine rings is 1. The fourth-order valence-electron chi connectivity index (χ4n) is 1.34. The van der Waals surface area contributed by atoms with E-state index < -0.39 is 0 Å². The molecule has 2 aromatic rings. The van der Waals surface area contributed by atoms with E-state index in [4.69, 9.17) is 16.9 Å². The third-order valence-electron chi connectivity index (χ3n) is 2.10. The van der Waals surface area contributed by atoms with Crippen molar-refractivity contribution in [3.8, 4) is 6.07 Å². The SMILES string of the molecule is CSc1ccc2nc(Cl)c(C#N)cc2c1. The lowest BCUT2D eigenvalue weighted by atomic mass is 10.2. The third kappa shape index (κ3) is 1.92.